The summed E-state index contributed by atoms with van der Waals surface area (Å²) in [4.78, 5) is 28.2. The largest absolute Gasteiger partial charge is 0.381 e. The minimum Gasteiger partial charge on any atom is -0.381 e. The standard InChI is InChI=1S/C23H31N3O3/c1-3-25-21-16-24(22(27)18-9-11-19(29-2)12-10-18)14-13-20(21)23(28)26(25)15-17-7-5-4-6-8-17/h4-8,18-19H,3,9-16H2,1-2H3. The molecule has 0 bridgehead atoms. The first-order valence-electron chi connectivity index (χ1n) is 10.8. The van der Waals surface area contributed by atoms with Gasteiger partial charge in [0.2, 0.25) is 5.91 Å². The number of aromatic nitrogens is 2. The molecule has 0 N–H and O–H groups in total. The summed E-state index contributed by atoms with van der Waals surface area (Å²) in [6, 6.07) is 10.1. The lowest BCUT2D eigenvalue weighted by molar-refractivity contribution is -0.138. The van der Waals surface area contributed by atoms with E-state index in [2.05, 4.69) is 11.6 Å². The molecule has 4 rings (SSSR count). The van der Waals surface area contributed by atoms with E-state index in [1.54, 1.807) is 7.11 Å². The molecule has 29 heavy (non-hydrogen) atoms. The maximum atomic E-state index is 13.1. The van der Waals surface area contributed by atoms with Crippen LogP contribution in [-0.2, 0) is 35.6 Å². The van der Waals surface area contributed by atoms with Crippen LogP contribution >= 0.6 is 0 Å². The third-order valence-corrected chi connectivity index (χ3v) is 6.56. The van der Waals surface area contributed by atoms with Gasteiger partial charge >= 0.3 is 0 Å². The van der Waals surface area contributed by atoms with E-state index in [1.165, 1.54) is 0 Å². The fourth-order valence-corrected chi connectivity index (χ4v) is 4.89. The molecule has 1 amide bonds. The van der Waals surface area contributed by atoms with Gasteiger partial charge in [-0.3, -0.25) is 14.3 Å². The van der Waals surface area contributed by atoms with Crippen molar-refractivity contribution in [1.29, 1.82) is 0 Å². The number of hydrogen-bond donors (Lipinski definition) is 0. The Kier molecular flexibility index (Phi) is 5.90. The molecular formula is C23H31N3O3. The third-order valence-electron chi connectivity index (χ3n) is 6.56. The van der Waals surface area contributed by atoms with Gasteiger partial charge in [-0.15, -0.1) is 0 Å². The predicted molar refractivity (Wildman–Crippen MR) is 112 cm³/mol. The van der Waals surface area contributed by atoms with Gasteiger partial charge in [-0.25, -0.2) is 4.68 Å². The summed E-state index contributed by atoms with van der Waals surface area (Å²) >= 11 is 0. The number of methoxy groups -OCH3 is 1. The highest BCUT2D eigenvalue weighted by Gasteiger charge is 2.33. The molecule has 0 unspecified atom stereocenters. The molecule has 0 saturated heterocycles. The van der Waals surface area contributed by atoms with Gasteiger partial charge in [0, 0.05) is 31.7 Å². The molecule has 1 aromatic carbocycles. The monoisotopic (exact) mass is 397 g/mol. The summed E-state index contributed by atoms with van der Waals surface area (Å²) in [5.41, 5.74) is 3.11. The molecule has 2 aromatic rings. The molecule has 0 atom stereocenters. The average molecular weight is 398 g/mol. The molecule has 6 heteroatoms. The fraction of sp³-hybridized carbons (Fsp3) is 0.565. The highest BCUT2D eigenvalue weighted by molar-refractivity contribution is 5.79. The number of hydrogen-bond acceptors (Lipinski definition) is 3. The topological polar surface area (TPSA) is 56.5 Å². The summed E-state index contributed by atoms with van der Waals surface area (Å²) < 4.78 is 9.36. The van der Waals surface area contributed by atoms with E-state index in [9.17, 15) is 9.59 Å². The van der Waals surface area contributed by atoms with Crippen LogP contribution in [0.5, 0.6) is 0 Å². The molecule has 0 radical (unpaired) electrons. The Morgan fingerprint density at radius 1 is 1.10 bits per heavy atom. The second kappa shape index (κ2) is 8.57. The lowest BCUT2D eigenvalue weighted by Gasteiger charge is -2.33. The van der Waals surface area contributed by atoms with Crippen molar-refractivity contribution in [1.82, 2.24) is 14.3 Å². The SMILES string of the molecule is CCn1c2c(c(=O)n1Cc1ccccc1)CCN(C(=O)C1CCC(OC)CC1)C2. The second-order valence-electron chi connectivity index (χ2n) is 8.21. The number of benzene rings is 1. The van der Waals surface area contributed by atoms with E-state index < -0.39 is 0 Å². The quantitative estimate of drug-likeness (QED) is 0.780. The Bertz CT molecular complexity index is 907. The van der Waals surface area contributed by atoms with Gasteiger partial charge in [0.05, 0.1) is 24.9 Å². The van der Waals surface area contributed by atoms with E-state index in [0.29, 0.717) is 32.2 Å². The lowest BCUT2D eigenvalue weighted by atomic mass is 9.86. The number of carbonyl (C=O) groups excluding carboxylic acids is 1. The third kappa shape index (κ3) is 3.90. The summed E-state index contributed by atoms with van der Waals surface area (Å²) in [5.74, 6) is 0.340. The second-order valence-corrected chi connectivity index (χ2v) is 8.21. The van der Waals surface area contributed by atoms with Crippen molar-refractivity contribution in [3.8, 4) is 0 Å². The molecular weight excluding hydrogens is 366 g/mol. The van der Waals surface area contributed by atoms with Crippen molar-refractivity contribution in [2.75, 3.05) is 13.7 Å². The van der Waals surface area contributed by atoms with Crippen molar-refractivity contribution >= 4 is 5.91 Å². The lowest BCUT2D eigenvalue weighted by Crippen LogP contribution is -2.42. The van der Waals surface area contributed by atoms with Crippen LogP contribution in [0.15, 0.2) is 35.1 Å². The van der Waals surface area contributed by atoms with E-state index in [4.69, 9.17) is 4.74 Å². The Hall–Kier alpha value is -2.34. The maximum absolute atomic E-state index is 13.1. The van der Waals surface area contributed by atoms with Crippen LogP contribution in [0.25, 0.3) is 0 Å². The number of amides is 1. The zero-order chi connectivity index (χ0) is 20.4. The van der Waals surface area contributed by atoms with Gasteiger partial charge in [0.1, 0.15) is 0 Å². The van der Waals surface area contributed by atoms with Crippen molar-refractivity contribution in [2.45, 2.75) is 64.8 Å². The number of carbonyl (C=O) groups is 1. The highest BCUT2D eigenvalue weighted by Crippen LogP contribution is 2.29. The summed E-state index contributed by atoms with van der Waals surface area (Å²) in [5, 5.41) is 0. The van der Waals surface area contributed by atoms with Gasteiger partial charge in [0.25, 0.3) is 5.56 Å². The smallest absolute Gasteiger partial charge is 0.270 e. The molecule has 2 heterocycles. The molecule has 0 spiro atoms. The van der Waals surface area contributed by atoms with E-state index in [1.807, 2.05) is 39.9 Å². The van der Waals surface area contributed by atoms with Crippen molar-refractivity contribution in [3.63, 3.8) is 0 Å². The van der Waals surface area contributed by atoms with Crippen LogP contribution in [0, 0.1) is 5.92 Å². The van der Waals surface area contributed by atoms with Crippen molar-refractivity contribution in [2.24, 2.45) is 5.92 Å². The summed E-state index contributed by atoms with van der Waals surface area (Å²) in [6.07, 6.45) is 4.66. The van der Waals surface area contributed by atoms with E-state index in [0.717, 1.165) is 49.0 Å². The van der Waals surface area contributed by atoms with Gasteiger partial charge in [-0.2, -0.15) is 0 Å². The Morgan fingerprint density at radius 2 is 1.83 bits per heavy atom. The number of fused-ring (bicyclic) bond motifs is 1. The normalized spacial score (nSPS) is 21.8. The minimum absolute atomic E-state index is 0.0937. The highest BCUT2D eigenvalue weighted by atomic mass is 16.5. The van der Waals surface area contributed by atoms with Crippen LogP contribution in [-0.4, -0.2) is 39.9 Å². The zero-order valence-corrected chi connectivity index (χ0v) is 17.5. The summed E-state index contributed by atoms with van der Waals surface area (Å²) in [6.45, 7) is 4.54. The average Bonchev–Trinajstić information content (AvgIpc) is 3.04. The number of ether oxygens (including phenoxy) is 1. The first-order chi connectivity index (χ1) is 14.1. The fourth-order valence-electron chi connectivity index (χ4n) is 4.89. The van der Waals surface area contributed by atoms with Crippen LogP contribution in [0.1, 0.15) is 49.4 Å². The first-order valence-corrected chi connectivity index (χ1v) is 10.8. The van der Waals surface area contributed by atoms with Crippen molar-refractivity contribution < 1.29 is 9.53 Å². The van der Waals surface area contributed by atoms with Crippen LogP contribution < -0.4 is 5.56 Å². The van der Waals surface area contributed by atoms with Gasteiger partial charge in [0.15, 0.2) is 0 Å². The minimum atomic E-state index is 0.0937. The number of nitrogens with zero attached hydrogens (tertiary/aromatic N) is 3. The maximum Gasteiger partial charge on any atom is 0.270 e. The Labute approximate surface area is 172 Å². The molecule has 156 valence electrons. The van der Waals surface area contributed by atoms with Gasteiger partial charge in [-0.1, -0.05) is 30.3 Å². The molecule has 1 aromatic heterocycles. The van der Waals surface area contributed by atoms with E-state index >= 15 is 0 Å². The first kappa shape index (κ1) is 20.0. The zero-order valence-electron chi connectivity index (χ0n) is 17.5. The molecule has 1 fully saturated rings. The Morgan fingerprint density at radius 3 is 2.48 bits per heavy atom. The van der Waals surface area contributed by atoms with Crippen LogP contribution in [0.4, 0.5) is 0 Å². The Balaban J connectivity index is 1.54. The number of rotatable bonds is 5. The van der Waals surface area contributed by atoms with E-state index in [-0.39, 0.29) is 17.4 Å². The molecule has 1 aliphatic carbocycles. The van der Waals surface area contributed by atoms with Crippen LogP contribution in [0.2, 0.25) is 0 Å². The van der Waals surface area contributed by atoms with Crippen LogP contribution in [0.3, 0.4) is 0 Å². The summed E-state index contributed by atoms with van der Waals surface area (Å²) in [7, 11) is 1.75. The molecule has 6 nitrogen and oxygen atoms in total. The molecule has 1 aliphatic heterocycles. The molecule has 1 saturated carbocycles. The van der Waals surface area contributed by atoms with Gasteiger partial charge < -0.3 is 9.64 Å². The van der Waals surface area contributed by atoms with Gasteiger partial charge in [-0.05, 0) is 44.6 Å². The molecule has 2 aliphatic rings. The predicted octanol–water partition coefficient (Wildman–Crippen LogP) is 2.81. The van der Waals surface area contributed by atoms with Crippen molar-refractivity contribution in [3.05, 3.63) is 57.5 Å².